The molecular weight excluding hydrogens is 509 g/mol. The van der Waals surface area contributed by atoms with Crippen molar-refractivity contribution < 1.29 is 26.3 Å². The van der Waals surface area contributed by atoms with Gasteiger partial charge in [-0.15, -0.1) is 13.2 Å². The number of piperazine rings is 1. The molecule has 0 bridgehead atoms. The Balaban J connectivity index is 1.79. The summed E-state index contributed by atoms with van der Waals surface area (Å²) in [5, 5.41) is -0.0269. The average molecular weight is 539 g/mol. The molecule has 0 amide bonds. The van der Waals surface area contributed by atoms with Crippen LogP contribution in [0.15, 0.2) is 46.3 Å². The van der Waals surface area contributed by atoms with E-state index < -0.39 is 27.5 Å². The molecule has 8 nitrogen and oxygen atoms in total. The molecule has 0 spiro atoms. The summed E-state index contributed by atoms with van der Waals surface area (Å²) in [4.78, 5) is 22.3. The highest BCUT2D eigenvalue weighted by atomic mass is 32.2. The zero-order valence-electron chi connectivity index (χ0n) is 20.9. The van der Waals surface area contributed by atoms with Crippen LogP contribution in [0.1, 0.15) is 23.6 Å². The number of aryl methyl sites for hydroxylation is 1. The maximum absolute atomic E-state index is 13.5. The van der Waals surface area contributed by atoms with Crippen LogP contribution in [0.3, 0.4) is 0 Å². The minimum atomic E-state index is -4.93. The van der Waals surface area contributed by atoms with Crippen molar-refractivity contribution in [3.8, 4) is 5.75 Å². The van der Waals surface area contributed by atoms with Crippen LogP contribution in [-0.4, -0.2) is 73.1 Å². The van der Waals surface area contributed by atoms with E-state index in [0.29, 0.717) is 23.2 Å². The van der Waals surface area contributed by atoms with Crippen molar-refractivity contribution in [1.29, 1.82) is 0 Å². The molecule has 37 heavy (non-hydrogen) atoms. The topological polar surface area (TPSA) is 84.7 Å². The molecule has 1 aliphatic rings. The van der Waals surface area contributed by atoms with Crippen LogP contribution in [0.4, 0.5) is 13.2 Å². The van der Waals surface area contributed by atoms with E-state index in [-0.39, 0.29) is 22.6 Å². The van der Waals surface area contributed by atoms with Gasteiger partial charge in [0.15, 0.2) is 9.84 Å². The molecule has 200 valence electrons. The fraction of sp³-hybridized carbons (Fsp3) is 0.440. The molecule has 0 radical (unpaired) electrons. The Labute approximate surface area is 213 Å². The number of benzene rings is 2. The normalized spacial score (nSPS) is 15.8. The van der Waals surface area contributed by atoms with Crippen molar-refractivity contribution in [3.63, 3.8) is 0 Å². The van der Waals surface area contributed by atoms with Gasteiger partial charge in [0.25, 0.3) is 5.56 Å². The van der Waals surface area contributed by atoms with Crippen LogP contribution >= 0.6 is 0 Å². The number of nitrogens with zero attached hydrogens (tertiary/aromatic N) is 4. The number of aromatic nitrogens is 2. The SMILES string of the molecule is CCS(=O)(=O)c1ccc(C)cc1Cn1cnc2c(CN3CCN(C)CC3)cc(OC(F)(F)F)cc2c1=O. The lowest BCUT2D eigenvalue weighted by molar-refractivity contribution is -0.274. The molecule has 1 aliphatic heterocycles. The zero-order chi connectivity index (χ0) is 27.0. The number of fused-ring (bicyclic) bond motifs is 1. The van der Waals surface area contributed by atoms with E-state index in [1.807, 2.05) is 7.05 Å². The minimum Gasteiger partial charge on any atom is -0.406 e. The van der Waals surface area contributed by atoms with E-state index in [9.17, 15) is 26.4 Å². The summed E-state index contributed by atoms with van der Waals surface area (Å²) in [7, 11) is -1.56. The van der Waals surface area contributed by atoms with Crippen molar-refractivity contribution in [2.24, 2.45) is 0 Å². The minimum absolute atomic E-state index is 0.0269. The van der Waals surface area contributed by atoms with Crippen LogP contribution in [0.25, 0.3) is 10.9 Å². The van der Waals surface area contributed by atoms with E-state index in [4.69, 9.17) is 0 Å². The quantitative estimate of drug-likeness (QED) is 0.457. The van der Waals surface area contributed by atoms with Gasteiger partial charge in [0.05, 0.1) is 34.4 Å². The molecule has 4 rings (SSSR count). The molecule has 1 fully saturated rings. The van der Waals surface area contributed by atoms with Crippen molar-refractivity contribution >= 4 is 20.7 Å². The molecule has 0 unspecified atom stereocenters. The Kier molecular flexibility index (Phi) is 7.63. The van der Waals surface area contributed by atoms with Crippen LogP contribution < -0.4 is 10.3 Å². The lowest BCUT2D eigenvalue weighted by atomic mass is 10.1. The number of rotatable bonds is 7. The maximum atomic E-state index is 13.5. The molecule has 3 aromatic rings. The van der Waals surface area contributed by atoms with Gasteiger partial charge < -0.3 is 9.64 Å². The second kappa shape index (κ2) is 10.4. The first-order chi connectivity index (χ1) is 17.4. The first-order valence-corrected chi connectivity index (χ1v) is 13.5. The van der Waals surface area contributed by atoms with Gasteiger partial charge in [0, 0.05) is 32.7 Å². The van der Waals surface area contributed by atoms with Gasteiger partial charge in [-0.05, 0) is 43.3 Å². The standard InChI is InChI=1S/C25H29F3N4O4S/c1-4-37(34,35)22-6-5-17(2)11-18(22)15-32-16-29-23-19(14-31-9-7-30(3)8-10-31)12-20(36-25(26,27)28)13-21(23)24(32)33/h5-6,11-13,16H,4,7-10,14-15H2,1-3H3. The first kappa shape index (κ1) is 27.1. The Bertz CT molecular complexity index is 1460. The Hall–Kier alpha value is -2.96. The summed E-state index contributed by atoms with van der Waals surface area (Å²) in [6, 6.07) is 7.19. The predicted octanol–water partition coefficient (Wildman–Crippen LogP) is 3.19. The molecular formula is C25H29F3N4O4S. The van der Waals surface area contributed by atoms with Crippen molar-refractivity contribution in [2.45, 2.75) is 38.2 Å². The number of hydrogen-bond donors (Lipinski definition) is 0. The van der Waals surface area contributed by atoms with Gasteiger partial charge >= 0.3 is 6.36 Å². The van der Waals surface area contributed by atoms with Crippen molar-refractivity contribution in [1.82, 2.24) is 19.4 Å². The van der Waals surface area contributed by atoms with Gasteiger partial charge in [-0.3, -0.25) is 14.3 Å². The molecule has 12 heteroatoms. The van der Waals surface area contributed by atoms with Crippen LogP contribution in [-0.2, 0) is 22.9 Å². The number of likely N-dealkylation sites (N-methyl/N-ethyl adjacent to an activating group) is 1. The van der Waals surface area contributed by atoms with E-state index in [1.165, 1.54) is 30.0 Å². The summed E-state index contributed by atoms with van der Waals surface area (Å²) in [5.41, 5.74) is 1.38. The number of ether oxygens (including phenoxy) is 1. The van der Waals surface area contributed by atoms with Crippen LogP contribution in [0.2, 0.25) is 0 Å². The summed E-state index contributed by atoms with van der Waals surface area (Å²) in [5.74, 6) is -0.604. The van der Waals surface area contributed by atoms with Gasteiger partial charge in [-0.25, -0.2) is 13.4 Å². The summed E-state index contributed by atoms with van der Waals surface area (Å²) < 4.78 is 69.9. The second-order valence-corrected chi connectivity index (χ2v) is 11.5. The third kappa shape index (κ3) is 6.31. The summed E-state index contributed by atoms with van der Waals surface area (Å²) in [6.45, 7) is 6.63. The molecule has 0 saturated carbocycles. The smallest absolute Gasteiger partial charge is 0.406 e. The predicted molar refractivity (Wildman–Crippen MR) is 133 cm³/mol. The lowest BCUT2D eigenvalue weighted by Crippen LogP contribution is -2.43. The van der Waals surface area contributed by atoms with Gasteiger partial charge in [-0.1, -0.05) is 24.6 Å². The van der Waals surface area contributed by atoms with Crippen molar-refractivity contribution in [2.75, 3.05) is 39.0 Å². The van der Waals surface area contributed by atoms with E-state index in [1.54, 1.807) is 19.1 Å². The third-order valence-electron chi connectivity index (χ3n) is 6.48. The number of sulfone groups is 1. The molecule has 1 aromatic heterocycles. The highest BCUT2D eigenvalue weighted by Crippen LogP contribution is 2.29. The fourth-order valence-corrected chi connectivity index (χ4v) is 5.57. The molecule has 0 N–H and O–H groups in total. The summed E-state index contributed by atoms with van der Waals surface area (Å²) in [6.07, 6.45) is -3.61. The molecule has 2 aromatic carbocycles. The number of hydrogen-bond acceptors (Lipinski definition) is 7. The first-order valence-electron chi connectivity index (χ1n) is 11.9. The monoisotopic (exact) mass is 538 g/mol. The Morgan fingerprint density at radius 1 is 1.03 bits per heavy atom. The largest absolute Gasteiger partial charge is 0.573 e. The number of halogens is 3. The highest BCUT2D eigenvalue weighted by Gasteiger charge is 2.32. The van der Waals surface area contributed by atoms with Crippen molar-refractivity contribution in [3.05, 3.63) is 63.7 Å². The fourth-order valence-electron chi connectivity index (χ4n) is 4.46. The van der Waals surface area contributed by atoms with E-state index in [2.05, 4.69) is 19.5 Å². The average Bonchev–Trinajstić information content (AvgIpc) is 2.81. The molecule has 0 aliphatic carbocycles. The zero-order valence-corrected chi connectivity index (χ0v) is 21.7. The maximum Gasteiger partial charge on any atom is 0.573 e. The van der Waals surface area contributed by atoms with E-state index >= 15 is 0 Å². The number of alkyl halides is 3. The van der Waals surface area contributed by atoms with Crippen LogP contribution in [0, 0.1) is 6.92 Å². The van der Waals surface area contributed by atoms with Gasteiger partial charge in [-0.2, -0.15) is 0 Å². The van der Waals surface area contributed by atoms with Gasteiger partial charge in [0.2, 0.25) is 0 Å². The highest BCUT2D eigenvalue weighted by molar-refractivity contribution is 7.91. The Morgan fingerprint density at radius 3 is 2.38 bits per heavy atom. The van der Waals surface area contributed by atoms with Gasteiger partial charge in [0.1, 0.15) is 5.75 Å². The third-order valence-corrected chi connectivity index (χ3v) is 8.30. The lowest BCUT2D eigenvalue weighted by Gasteiger charge is -2.32. The molecule has 2 heterocycles. The summed E-state index contributed by atoms with van der Waals surface area (Å²) >= 11 is 0. The molecule has 0 atom stereocenters. The Morgan fingerprint density at radius 2 is 1.73 bits per heavy atom. The van der Waals surface area contributed by atoms with E-state index in [0.717, 1.165) is 37.8 Å². The second-order valence-electron chi connectivity index (χ2n) is 9.30. The molecule has 1 saturated heterocycles. The van der Waals surface area contributed by atoms with Crippen LogP contribution in [0.5, 0.6) is 5.75 Å².